The molecule has 1 aliphatic heterocycles. The number of carbonyl (C=O) groups is 1. The third kappa shape index (κ3) is 2.37. The van der Waals surface area contributed by atoms with Crippen LogP contribution in [0.25, 0.3) is 5.82 Å². The summed E-state index contributed by atoms with van der Waals surface area (Å²) in [5, 5.41) is 7.13. The van der Waals surface area contributed by atoms with Gasteiger partial charge in [0.1, 0.15) is 0 Å². The summed E-state index contributed by atoms with van der Waals surface area (Å²) in [5.74, 6) is 1.22. The molecule has 2 aliphatic rings. The highest BCUT2D eigenvalue weighted by Crippen LogP contribution is 2.55. The zero-order chi connectivity index (χ0) is 16.7. The Morgan fingerprint density at radius 3 is 2.75 bits per heavy atom. The topological polar surface area (TPSA) is 63.1 Å². The van der Waals surface area contributed by atoms with Crippen LogP contribution >= 0.6 is 0 Å². The number of hydrogen-bond donors (Lipinski definition) is 1. The minimum atomic E-state index is -0.0140. The number of anilines is 1. The molecule has 6 heteroatoms. The van der Waals surface area contributed by atoms with E-state index in [1.807, 2.05) is 29.3 Å². The smallest absolute Gasteiger partial charge is 0.320 e. The first-order chi connectivity index (χ1) is 11.6. The van der Waals surface area contributed by atoms with Crippen molar-refractivity contribution >= 4 is 11.7 Å². The molecule has 1 N–H and O–H groups in total. The molecule has 24 heavy (non-hydrogen) atoms. The average Bonchev–Trinajstić information content (AvgIpc) is 2.99. The molecule has 2 aromatic heterocycles. The van der Waals surface area contributed by atoms with Gasteiger partial charge >= 0.3 is 6.03 Å². The normalized spacial score (nSPS) is 21.5. The number of nitrogens with one attached hydrogen (secondary N) is 1. The maximum atomic E-state index is 12.6. The molecule has 1 unspecified atom stereocenters. The van der Waals surface area contributed by atoms with E-state index in [0.29, 0.717) is 23.1 Å². The fourth-order valence-corrected chi connectivity index (χ4v) is 4.29. The maximum Gasteiger partial charge on any atom is 0.322 e. The number of rotatable bonds is 3. The average molecular weight is 325 g/mol. The maximum absolute atomic E-state index is 12.6. The Morgan fingerprint density at radius 2 is 2.21 bits per heavy atom. The zero-order valence-corrected chi connectivity index (χ0v) is 14.1. The Labute approximate surface area is 141 Å². The predicted octanol–water partition coefficient (Wildman–Crippen LogP) is 3.31. The molecule has 4 rings (SSSR count). The van der Waals surface area contributed by atoms with Gasteiger partial charge in [-0.1, -0.05) is 20.3 Å². The first-order valence-electron chi connectivity index (χ1n) is 8.63. The summed E-state index contributed by atoms with van der Waals surface area (Å²) in [6.07, 6.45) is 9.06. The lowest BCUT2D eigenvalue weighted by Gasteiger charge is -2.63. The van der Waals surface area contributed by atoms with Gasteiger partial charge in [0.2, 0.25) is 0 Å². The summed E-state index contributed by atoms with van der Waals surface area (Å²) in [7, 11) is 0. The molecule has 3 heterocycles. The van der Waals surface area contributed by atoms with E-state index in [1.165, 1.54) is 19.3 Å². The van der Waals surface area contributed by atoms with E-state index >= 15 is 0 Å². The van der Waals surface area contributed by atoms with E-state index in [1.54, 1.807) is 17.1 Å². The second kappa shape index (κ2) is 5.61. The van der Waals surface area contributed by atoms with Gasteiger partial charge in [-0.2, -0.15) is 5.10 Å². The molecule has 1 atom stereocenters. The number of pyridine rings is 1. The Kier molecular flexibility index (Phi) is 3.55. The molecule has 1 saturated heterocycles. The molecule has 1 saturated carbocycles. The van der Waals surface area contributed by atoms with Gasteiger partial charge in [0.05, 0.1) is 11.9 Å². The van der Waals surface area contributed by atoms with Gasteiger partial charge in [-0.05, 0) is 37.0 Å². The zero-order valence-electron chi connectivity index (χ0n) is 14.1. The van der Waals surface area contributed by atoms with Crippen molar-refractivity contribution in [3.05, 3.63) is 36.8 Å². The largest absolute Gasteiger partial charge is 0.322 e. The van der Waals surface area contributed by atoms with Crippen LogP contribution in [0.15, 0.2) is 36.8 Å². The van der Waals surface area contributed by atoms with E-state index in [0.717, 1.165) is 12.4 Å². The van der Waals surface area contributed by atoms with Crippen LogP contribution in [0.3, 0.4) is 0 Å². The summed E-state index contributed by atoms with van der Waals surface area (Å²) in [6.45, 7) is 5.32. The number of aromatic nitrogens is 3. The van der Waals surface area contributed by atoms with E-state index in [-0.39, 0.29) is 6.03 Å². The first-order valence-corrected chi connectivity index (χ1v) is 8.63. The molecule has 2 amide bonds. The SMILES string of the molecule is CC(C)C1N(C(=O)Nc2ccc(-n3cccn3)nc2)CC12CCC2. The Morgan fingerprint density at radius 1 is 1.38 bits per heavy atom. The summed E-state index contributed by atoms with van der Waals surface area (Å²) >= 11 is 0. The Balaban J connectivity index is 1.43. The monoisotopic (exact) mass is 325 g/mol. The van der Waals surface area contributed by atoms with E-state index in [4.69, 9.17) is 0 Å². The van der Waals surface area contributed by atoms with E-state index < -0.39 is 0 Å². The van der Waals surface area contributed by atoms with E-state index in [2.05, 4.69) is 29.2 Å². The van der Waals surface area contributed by atoms with Crippen molar-refractivity contribution in [2.24, 2.45) is 11.3 Å². The van der Waals surface area contributed by atoms with Crippen molar-refractivity contribution in [2.75, 3.05) is 11.9 Å². The number of nitrogens with zero attached hydrogens (tertiary/aromatic N) is 4. The number of carbonyl (C=O) groups excluding carboxylic acids is 1. The molecule has 2 aromatic rings. The van der Waals surface area contributed by atoms with Crippen molar-refractivity contribution in [2.45, 2.75) is 39.2 Å². The van der Waals surface area contributed by atoms with Crippen molar-refractivity contribution < 1.29 is 4.79 Å². The molecule has 1 aliphatic carbocycles. The summed E-state index contributed by atoms with van der Waals surface area (Å²) in [5.41, 5.74) is 1.11. The summed E-state index contributed by atoms with van der Waals surface area (Å²) in [6, 6.07) is 5.92. The van der Waals surface area contributed by atoms with Gasteiger partial charge in [0.25, 0.3) is 0 Å². The molecule has 2 fully saturated rings. The van der Waals surface area contributed by atoms with Gasteiger partial charge in [-0.15, -0.1) is 0 Å². The number of likely N-dealkylation sites (tertiary alicyclic amines) is 1. The minimum absolute atomic E-state index is 0.0140. The van der Waals surface area contributed by atoms with Crippen LogP contribution in [0.1, 0.15) is 33.1 Å². The van der Waals surface area contributed by atoms with Gasteiger partial charge in [0, 0.05) is 30.4 Å². The molecule has 126 valence electrons. The quantitative estimate of drug-likeness (QED) is 0.941. The van der Waals surface area contributed by atoms with Crippen LogP contribution in [0.5, 0.6) is 0 Å². The van der Waals surface area contributed by atoms with Gasteiger partial charge < -0.3 is 10.2 Å². The molecule has 0 radical (unpaired) electrons. The van der Waals surface area contributed by atoms with Gasteiger partial charge in [-0.3, -0.25) is 0 Å². The minimum Gasteiger partial charge on any atom is -0.320 e. The highest BCUT2D eigenvalue weighted by atomic mass is 16.2. The summed E-state index contributed by atoms with van der Waals surface area (Å²) in [4.78, 5) is 19.0. The number of hydrogen-bond acceptors (Lipinski definition) is 3. The van der Waals surface area contributed by atoms with Crippen molar-refractivity contribution in [3.63, 3.8) is 0 Å². The molecular weight excluding hydrogens is 302 g/mol. The number of urea groups is 1. The van der Waals surface area contributed by atoms with Crippen LogP contribution in [0.4, 0.5) is 10.5 Å². The van der Waals surface area contributed by atoms with Crippen molar-refractivity contribution in [1.82, 2.24) is 19.7 Å². The fourth-order valence-electron chi connectivity index (χ4n) is 4.29. The standard InChI is InChI=1S/C18H23N5O/c1-13(2)16-18(7-3-8-18)12-22(16)17(24)21-14-5-6-15(19-11-14)23-10-4-9-20-23/h4-6,9-11,13,16H,3,7-8,12H2,1-2H3,(H,21,24). The molecular formula is C18H23N5O. The number of amides is 2. The lowest BCUT2D eigenvalue weighted by atomic mass is 9.55. The summed E-state index contributed by atoms with van der Waals surface area (Å²) < 4.78 is 1.69. The Bertz CT molecular complexity index is 718. The van der Waals surface area contributed by atoms with Crippen LogP contribution in [0.2, 0.25) is 0 Å². The molecule has 1 spiro atoms. The lowest BCUT2D eigenvalue weighted by Crippen LogP contribution is -2.71. The van der Waals surface area contributed by atoms with Crippen LogP contribution < -0.4 is 5.32 Å². The van der Waals surface area contributed by atoms with Crippen molar-refractivity contribution in [3.8, 4) is 5.82 Å². The third-order valence-electron chi connectivity index (χ3n) is 5.43. The first kappa shape index (κ1) is 15.2. The molecule has 0 aromatic carbocycles. The second-order valence-electron chi connectivity index (χ2n) is 7.32. The fraction of sp³-hybridized carbons (Fsp3) is 0.500. The molecule has 0 bridgehead atoms. The Hall–Kier alpha value is -2.37. The van der Waals surface area contributed by atoms with Gasteiger partial charge in [-0.25, -0.2) is 14.5 Å². The highest BCUT2D eigenvalue weighted by molar-refractivity contribution is 5.90. The van der Waals surface area contributed by atoms with Crippen LogP contribution in [-0.2, 0) is 0 Å². The van der Waals surface area contributed by atoms with Gasteiger partial charge in [0.15, 0.2) is 5.82 Å². The third-order valence-corrected chi connectivity index (χ3v) is 5.43. The second-order valence-corrected chi connectivity index (χ2v) is 7.32. The van der Waals surface area contributed by atoms with Crippen LogP contribution in [0, 0.1) is 11.3 Å². The predicted molar refractivity (Wildman–Crippen MR) is 92.0 cm³/mol. The molecule has 6 nitrogen and oxygen atoms in total. The van der Waals surface area contributed by atoms with Crippen LogP contribution in [-0.4, -0.2) is 38.3 Å². The van der Waals surface area contributed by atoms with E-state index in [9.17, 15) is 4.79 Å². The lowest BCUT2D eigenvalue weighted by molar-refractivity contribution is -0.114. The highest BCUT2D eigenvalue weighted by Gasteiger charge is 2.58. The van der Waals surface area contributed by atoms with Crippen molar-refractivity contribution in [1.29, 1.82) is 0 Å².